The summed E-state index contributed by atoms with van der Waals surface area (Å²) >= 11 is 0. The Labute approximate surface area is 91.5 Å². The van der Waals surface area contributed by atoms with Gasteiger partial charge >= 0.3 is 0 Å². The standard InChI is InChI=1S/C8H20N2O4S/c1-5-6-9-15(11,12)10-7(2)8(13-3)14-4/h7-10H,5-6H2,1-4H3. The molecule has 1 unspecified atom stereocenters. The first kappa shape index (κ1) is 14.8. The van der Waals surface area contributed by atoms with Crippen LogP contribution in [0.25, 0.3) is 0 Å². The zero-order chi connectivity index (χ0) is 11.9. The Morgan fingerprint density at radius 1 is 1.27 bits per heavy atom. The summed E-state index contributed by atoms with van der Waals surface area (Å²) in [6.45, 7) is 3.97. The lowest BCUT2D eigenvalue weighted by Crippen LogP contribution is -2.47. The van der Waals surface area contributed by atoms with Crippen molar-refractivity contribution in [2.24, 2.45) is 0 Å². The minimum atomic E-state index is -3.47. The van der Waals surface area contributed by atoms with Gasteiger partial charge in [0.1, 0.15) is 0 Å². The first-order valence-corrected chi connectivity index (χ1v) is 6.27. The van der Waals surface area contributed by atoms with Gasteiger partial charge in [0.05, 0.1) is 6.04 Å². The van der Waals surface area contributed by atoms with Gasteiger partial charge in [0.15, 0.2) is 6.29 Å². The molecule has 0 aliphatic rings. The van der Waals surface area contributed by atoms with Gasteiger partial charge in [-0.15, -0.1) is 0 Å². The molecule has 0 aromatic carbocycles. The summed E-state index contributed by atoms with van der Waals surface area (Å²) in [5.74, 6) is 0. The van der Waals surface area contributed by atoms with Crippen LogP contribution in [0.1, 0.15) is 20.3 Å². The molecule has 7 heteroatoms. The highest BCUT2D eigenvalue weighted by atomic mass is 32.2. The molecule has 0 fully saturated rings. The van der Waals surface area contributed by atoms with Crippen LogP contribution in [0.15, 0.2) is 0 Å². The fraction of sp³-hybridized carbons (Fsp3) is 1.00. The normalized spacial score (nSPS) is 14.5. The molecule has 0 aliphatic heterocycles. The number of hydrogen-bond acceptors (Lipinski definition) is 4. The molecule has 0 radical (unpaired) electrons. The van der Waals surface area contributed by atoms with Crippen molar-refractivity contribution < 1.29 is 17.9 Å². The number of hydrogen-bond donors (Lipinski definition) is 2. The van der Waals surface area contributed by atoms with Crippen molar-refractivity contribution in [3.63, 3.8) is 0 Å². The van der Waals surface area contributed by atoms with Crippen LogP contribution in [0.3, 0.4) is 0 Å². The lowest BCUT2D eigenvalue weighted by molar-refractivity contribution is -0.115. The summed E-state index contributed by atoms with van der Waals surface area (Å²) < 4.78 is 37.5. The first-order valence-electron chi connectivity index (χ1n) is 4.79. The summed E-state index contributed by atoms with van der Waals surface area (Å²) in [5.41, 5.74) is 0. The zero-order valence-corrected chi connectivity index (χ0v) is 10.4. The molecule has 0 saturated carbocycles. The molecule has 1 atom stereocenters. The van der Waals surface area contributed by atoms with E-state index in [2.05, 4.69) is 9.44 Å². The molecule has 0 saturated heterocycles. The van der Waals surface area contributed by atoms with Gasteiger partial charge < -0.3 is 9.47 Å². The minimum Gasteiger partial charge on any atom is -0.354 e. The molecule has 0 bridgehead atoms. The van der Waals surface area contributed by atoms with E-state index in [-0.39, 0.29) is 0 Å². The van der Waals surface area contributed by atoms with Crippen molar-refractivity contribution in [3.8, 4) is 0 Å². The van der Waals surface area contributed by atoms with Crippen molar-refractivity contribution in [3.05, 3.63) is 0 Å². The van der Waals surface area contributed by atoms with E-state index in [1.54, 1.807) is 6.92 Å². The highest BCUT2D eigenvalue weighted by Crippen LogP contribution is 1.99. The minimum absolute atomic E-state index is 0.409. The van der Waals surface area contributed by atoms with Crippen LogP contribution in [0, 0.1) is 0 Å². The molecule has 0 spiro atoms. The maximum Gasteiger partial charge on any atom is 0.277 e. The van der Waals surface area contributed by atoms with Crippen molar-refractivity contribution in [1.29, 1.82) is 0 Å². The van der Waals surface area contributed by atoms with E-state index in [4.69, 9.17) is 9.47 Å². The van der Waals surface area contributed by atoms with Crippen LogP contribution < -0.4 is 9.44 Å². The molecule has 2 N–H and O–H groups in total. The van der Waals surface area contributed by atoms with Crippen molar-refractivity contribution >= 4 is 10.2 Å². The molecule has 0 aliphatic carbocycles. The van der Waals surface area contributed by atoms with Crippen molar-refractivity contribution in [2.45, 2.75) is 32.6 Å². The van der Waals surface area contributed by atoms with Crippen molar-refractivity contribution in [2.75, 3.05) is 20.8 Å². The molecule has 0 aromatic heterocycles. The Morgan fingerprint density at radius 2 is 1.80 bits per heavy atom. The SMILES string of the molecule is CCCNS(=O)(=O)NC(C)C(OC)OC. The van der Waals surface area contributed by atoms with Gasteiger partial charge in [-0.25, -0.2) is 4.72 Å². The third-order valence-electron chi connectivity index (χ3n) is 1.76. The lowest BCUT2D eigenvalue weighted by atomic mass is 10.3. The van der Waals surface area contributed by atoms with Gasteiger partial charge in [0.2, 0.25) is 0 Å². The summed E-state index contributed by atoms with van der Waals surface area (Å²) in [6, 6.07) is -0.450. The second-order valence-corrected chi connectivity index (χ2v) is 4.68. The van der Waals surface area contributed by atoms with E-state index in [1.165, 1.54) is 14.2 Å². The Morgan fingerprint density at radius 3 is 2.20 bits per heavy atom. The van der Waals surface area contributed by atoms with E-state index in [1.807, 2.05) is 6.92 Å². The summed E-state index contributed by atoms with van der Waals surface area (Å²) in [6.07, 6.45) is 0.149. The molecule has 15 heavy (non-hydrogen) atoms. The smallest absolute Gasteiger partial charge is 0.277 e. The molecular weight excluding hydrogens is 220 g/mol. The molecule has 0 amide bonds. The van der Waals surface area contributed by atoms with Gasteiger partial charge in [-0.05, 0) is 13.3 Å². The number of methoxy groups -OCH3 is 2. The molecule has 6 nitrogen and oxygen atoms in total. The zero-order valence-electron chi connectivity index (χ0n) is 9.61. The van der Waals surface area contributed by atoms with Crippen LogP contribution in [-0.2, 0) is 19.7 Å². The van der Waals surface area contributed by atoms with Gasteiger partial charge in [-0.3, -0.25) is 0 Å². The topological polar surface area (TPSA) is 76.7 Å². The molecule has 0 rings (SSSR count). The Hall–Kier alpha value is -0.210. The summed E-state index contributed by atoms with van der Waals surface area (Å²) in [7, 11) is -0.555. The van der Waals surface area contributed by atoms with Gasteiger partial charge in [0.25, 0.3) is 10.2 Å². The van der Waals surface area contributed by atoms with Gasteiger partial charge in [-0.2, -0.15) is 13.1 Å². The number of rotatable bonds is 8. The second-order valence-electron chi connectivity index (χ2n) is 3.14. The van der Waals surface area contributed by atoms with E-state index < -0.39 is 22.5 Å². The fourth-order valence-electron chi connectivity index (χ4n) is 1.08. The predicted molar refractivity (Wildman–Crippen MR) is 57.6 cm³/mol. The maximum atomic E-state index is 11.4. The van der Waals surface area contributed by atoms with Gasteiger partial charge in [-0.1, -0.05) is 6.92 Å². The van der Waals surface area contributed by atoms with Crippen LogP contribution in [0.2, 0.25) is 0 Å². The molecule has 92 valence electrons. The molecular formula is C8H20N2O4S. The Balaban J connectivity index is 4.19. The fourth-order valence-corrected chi connectivity index (χ4v) is 2.24. The summed E-state index contributed by atoms with van der Waals surface area (Å²) in [5, 5.41) is 0. The van der Waals surface area contributed by atoms with Crippen LogP contribution in [-0.4, -0.2) is 41.5 Å². The van der Waals surface area contributed by atoms with E-state index in [9.17, 15) is 8.42 Å². The molecule has 0 aromatic rings. The van der Waals surface area contributed by atoms with E-state index >= 15 is 0 Å². The van der Waals surface area contributed by atoms with Crippen LogP contribution in [0.4, 0.5) is 0 Å². The number of ether oxygens (including phenoxy) is 2. The van der Waals surface area contributed by atoms with Crippen LogP contribution in [0.5, 0.6) is 0 Å². The largest absolute Gasteiger partial charge is 0.354 e. The Bertz CT molecular complexity index is 251. The second kappa shape index (κ2) is 7.13. The quantitative estimate of drug-likeness (QED) is 0.577. The highest BCUT2D eigenvalue weighted by molar-refractivity contribution is 7.87. The third kappa shape index (κ3) is 6.06. The average molecular weight is 240 g/mol. The molecule has 0 heterocycles. The van der Waals surface area contributed by atoms with Gasteiger partial charge in [0, 0.05) is 20.8 Å². The van der Waals surface area contributed by atoms with E-state index in [0.717, 1.165) is 6.42 Å². The number of nitrogens with one attached hydrogen (secondary N) is 2. The maximum absolute atomic E-state index is 11.4. The van der Waals surface area contributed by atoms with Crippen molar-refractivity contribution in [1.82, 2.24) is 9.44 Å². The first-order chi connectivity index (χ1) is 6.96. The monoisotopic (exact) mass is 240 g/mol. The highest BCUT2D eigenvalue weighted by Gasteiger charge is 2.21. The predicted octanol–water partition coefficient (Wildman–Crippen LogP) is -0.172. The average Bonchev–Trinajstić information content (AvgIpc) is 2.16. The summed E-state index contributed by atoms with van der Waals surface area (Å²) in [4.78, 5) is 0. The third-order valence-corrected chi connectivity index (χ3v) is 3.02. The van der Waals surface area contributed by atoms with E-state index in [0.29, 0.717) is 6.54 Å². The Kier molecular flexibility index (Phi) is 7.03. The van der Waals surface area contributed by atoms with Crippen LogP contribution >= 0.6 is 0 Å². The lowest BCUT2D eigenvalue weighted by Gasteiger charge is -2.21.